The number of hydrogen-bond acceptors (Lipinski definition) is 5. The van der Waals surface area contributed by atoms with Gasteiger partial charge in [-0.2, -0.15) is 0 Å². The lowest BCUT2D eigenvalue weighted by molar-refractivity contribution is -0.384. The predicted octanol–water partition coefficient (Wildman–Crippen LogP) is 1.99. The van der Waals surface area contributed by atoms with Gasteiger partial charge in [0.05, 0.1) is 11.0 Å². The SMILES string of the molecule is C[C@H](Oc1cccc([N+](=O)[O-])c1)C(=O)NC(=O)NC(C)(C)C. The number of ether oxygens (including phenoxy) is 1. The topological polar surface area (TPSA) is 111 Å². The number of amides is 3. The largest absolute Gasteiger partial charge is 0.481 e. The minimum absolute atomic E-state index is 0.143. The van der Waals surface area contributed by atoms with Gasteiger partial charge in [0.1, 0.15) is 5.75 Å². The van der Waals surface area contributed by atoms with E-state index in [4.69, 9.17) is 4.74 Å². The maximum atomic E-state index is 11.8. The summed E-state index contributed by atoms with van der Waals surface area (Å²) in [5, 5.41) is 15.4. The zero-order chi connectivity index (χ0) is 16.9. The number of nitro groups is 1. The molecule has 0 bridgehead atoms. The zero-order valence-electron chi connectivity index (χ0n) is 12.9. The summed E-state index contributed by atoms with van der Waals surface area (Å²) in [5.41, 5.74) is -0.621. The van der Waals surface area contributed by atoms with E-state index in [1.54, 1.807) is 20.8 Å². The molecule has 120 valence electrons. The fourth-order valence-corrected chi connectivity index (χ4v) is 1.51. The molecule has 8 heteroatoms. The minimum atomic E-state index is -0.979. The van der Waals surface area contributed by atoms with Crippen LogP contribution in [0.3, 0.4) is 0 Å². The smallest absolute Gasteiger partial charge is 0.321 e. The number of carbonyl (C=O) groups is 2. The van der Waals surface area contributed by atoms with E-state index in [0.29, 0.717) is 0 Å². The Balaban J connectivity index is 2.63. The number of nitrogens with one attached hydrogen (secondary N) is 2. The van der Waals surface area contributed by atoms with Crippen molar-refractivity contribution in [2.24, 2.45) is 0 Å². The highest BCUT2D eigenvalue weighted by Crippen LogP contribution is 2.20. The van der Waals surface area contributed by atoms with E-state index in [9.17, 15) is 19.7 Å². The lowest BCUT2D eigenvalue weighted by Crippen LogP contribution is -2.50. The average molecular weight is 309 g/mol. The number of nitrogens with zero attached hydrogens (tertiary/aromatic N) is 1. The first kappa shape index (κ1) is 17.4. The lowest BCUT2D eigenvalue weighted by Gasteiger charge is -2.21. The molecule has 22 heavy (non-hydrogen) atoms. The number of hydrogen-bond donors (Lipinski definition) is 2. The molecule has 0 aliphatic heterocycles. The second-order valence-corrected chi connectivity index (χ2v) is 5.71. The second-order valence-electron chi connectivity index (χ2n) is 5.71. The van der Waals surface area contributed by atoms with Crippen LogP contribution in [-0.4, -0.2) is 28.5 Å². The van der Waals surface area contributed by atoms with Crippen LogP contribution in [0.25, 0.3) is 0 Å². The summed E-state index contributed by atoms with van der Waals surface area (Å²) < 4.78 is 5.30. The van der Waals surface area contributed by atoms with Crippen LogP contribution in [0.5, 0.6) is 5.75 Å². The van der Waals surface area contributed by atoms with Crippen LogP contribution in [-0.2, 0) is 4.79 Å². The van der Waals surface area contributed by atoms with Crippen LogP contribution >= 0.6 is 0 Å². The van der Waals surface area contributed by atoms with Crippen LogP contribution < -0.4 is 15.4 Å². The molecule has 0 fully saturated rings. The van der Waals surface area contributed by atoms with Gasteiger partial charge in [0.2, 0.25) is 0 Å². The first-order valence-electron chi connectivity index (χ1n) is 6.62. The molecule has 0 radical (unpaired) electrons. The van der Waals surface area contributed by atoms with Gasteiger partial charge in [-0.1, -0.05) is 6.07 Å². The third-order valence-corrected chi connectivity index (χ3v) is 2.44. The molecule has 0 unspecified atom stereocenters. The van der Waals surface area contributed by atoms with Crippen LogP contribution in [0.1, 0.15) is 27.7 Å². The van der Waals surface area contributed by atoms with Crippen LogP contribution in [0.2, 0.25) is 0 Å². The normalized spacial score (nSPS) is 12.2. The number of carbonyl (C=O) groups excluding carboxylic acids is 2. The van der Waals surface area contributed by atoms with Gasteiger partial charge < -0.3 is 10.1 Å². The summed E-state index contributed by atoms with van der Waals surface area (Å²) in [6.07, 6.45) is -0.979. The van der Waals surface area contributed by atoms with E-state index in [-0.39, 0.29) is 11.4 Å². The van der Waals surface area contributed by atoms with Gasteiger partial charge in [-0.15, -0.1) is 0 Å². The third kappa shape index (κ3) is 5.78. The summed E-state index contributed by atoms with van der Waals surface area (Å²) in [6.45, 7) is 6.78. The van der Waals surface area contributed by atoms with E-state index in [0.717, 1.165) is 0 Å². The van der Waals surface area contributed by atoms with Crippen molar-refractivity contribution in [2.45, 2.75) is 39.3 Å². The third-order valence-electron chi connectivity index (χ3n) is 2.44. The van der Waals surface area contributed by atoms with Gasteiger partial charge >= 0.3 is 6.03 Å². The van der Waals surface area contributed by atoms with Crippen molar-refractivity contribution in [2.75, 3.05) is 0 Å². The van der Waals surface area contributed by atoms with Crippen molar-refractivity contribution in [3.8, 4) is 5.75 Å². The quantitative estimate of drug-likeness (QED) is 0.652. The zero-order valence-corrected chi connectivity index (χ0v) is 12.9. The molecule has 1 aromatic carbocycles. The molecule has 0 saturated heterocycles. The van der Waals surface area contributed by atoms with E-state index in [1.165, 1.54) is 31.2 Å². The summed E-state index contributed by atoms with van der Waals surface area (Å²) in [4.78, 5) is 33.5. The Morgan fingerprint density at radius 1 is 1.32 bits per heavy atom. The molecule has 0 aliphatic rings. The highest BCUT2D eigenvalue weighted by molar-refractivity contribution is 5.96. The fourth-order valence-electron chi connectivity index (χ4n) is 1.51. The number of imide groups is 1. The van der Waals surface area contributed by atoms with Gasteiger partial charge in [0.15, 0.2) is 6.10 Å². The summed E-state index contributed by atoms with van der Waals surface area (Å²) >= 11 is 0. The molecule has 0 heterocycles. The lowest BCUT2D eigenvalue weighted by atomic mass is 10.1. The van der Waals surface area contributed by atoms with Crippen LogP contribution in [0.15, 0.2) is 24.3 Å². The van der Waals surface area contributed by atoms with Crippen molar-refractivity contribution in [1.82, 2.24) is 10.6 Å². The Hall–Kier alpha value is -2.64. The molecule has 3 amide bonds. The number of nitro benzene ring substituents is 1. The Bertz CT molecular complexity index is 580. The summed E-state index contributed by atoms with van der Waals surface area (Å²) in [5.74, 6) is -0.471. The highest BCUT2D eigenvalue weighted by Gasteiger charge is 2.21. The fraction of sp³-hybridized carbons (Fsp3) is 0.429. The van der Waals surface area contributed by atoms with E-state index < -0.39 is 28.5 Å². The first-order valence-corrected chi connectivity index (χ1v) is 6.62. The van der Waals surface area contributed by atoms with Crippen molar-refractivity contribution in [3.05, 3.63) is 34.4 Å². The Morgan fingerprint density at radius 3 is 2.50 bits per heavy atom. The van der Waals surface area contributed by atoms with Crippen molar-refractivity contribution in [3.63, 3.8) is 0 Å². The Morgan fingerprint density at radius 2 is 1.95 bits per heavy atom. The highest BCUT2D eigenvalue weighted by atomic mass is 16.6. The van der Waals surface area contributed by atoms with E-state index in [2.05, 4.69) is 10.6 Å². The van der Waals surface area contributed by atoms with Crippen molar-refractivity contribution in [1.29, 1.82) is 0 Å². The van der Waals surface area contributed by atoms with Gasteiger partial charge in [0.25, 0.3) is 11.6 Å². The minimum Gasteiger partial charge on any atom is -0.481 e. The second kappa shape index (κ2) is 6.88. The number of non-ortho nitro benzene ring substituents is 1. The predicted molar refractivity (Wildman–Crippen MR) is 79.6 cm³/mol. The van der Waals surface area contributed by atoms with E-state index >= 15 is 0 Å². The van der Waals surface area contributed by atoms with Gasteiger partial charge in [-0.05, 0) is 33.8 Å². The van der Waals surface area contributed by atoms with E-state index in [1.807, 2.05) is 0 Å². The standard InChI is InChI=1S/C14H19N3O5/c1-9(12(18)15-13(19)16-14(2,3)4)22-11-7-5-6-10(8-11)17(20)21/h5-9H,1-4H3,(H2,15,16,18,19)/t9-/m0/s1. The van der Waals surface area contributed by atoms with Crippen LogP contribution in [0.4, 0.5) is 10.5 Å². The Labute approximate surface area is 128 Å². The number of benzene rings is 1. The Kier molecular flexibility index (Phi) is 5.44. The molecule has 0 saturated carbocycles. The summed E-state index contributed by atoms with van der Waals surface area (Å²) in [6, 6.07) is 4.83. The maximum absolute atomic E-state index is 11.8. The molecular weight excluding hydrogens is 290 g/mol. The average Bonchev–Trinajstić information content (AvgIpc) is 2.36. The first-order chi connectivity index (χ1) is 10.1. The maximum Gasteiger partial charge on any atom is 0.321 e. The summed E-state index contributed by atoms with van der Waals surface area (Å²) in [7, 11) is 0. The molecule has 8 nitrogen and oxygen atoms in total. The molecule has 2 N–H and O–H groups in total. The van der Waals surface area contributed by atoms with Gasteiger partial charge in [-0.3, -0.25) is 20.2 Å². The molecule has 1 rings (SSSR count). The molecule has 1 atom stereocenters. The monoisotopic (exact) mass is 309 g/mol. The molecule has 0 spiro atoms. The van der Waals surface area contributed by atoms with Crippen molar-refractivity contribution >= 4 is 17.6 Å². The molecule has 1 aromatic rings. The molecule has 0 aliphatic carbocycles. The van der Waals surface area contributed by atoms with Gasteiger partial charge in [0, 0.05) is 11.6 Å². The van der Waals surface area contributed by atoms with Crippen molar-refractivity contribution < 1.29 is 19.2 Å². The molecular formula is C14H19N3O5. The number of urea groups is 1. The van der Waals surface area contributed by atoms with Crippen LogP contribution in [0, 0.1) is 10.1 Å². The molecule has 0 aromatic heterocycles. The van der Waals surface area contributed by atoms with Gasteiger partial charge in [-0.25, -0.2) is 4.79 Å². The number of rotatable bonds is 4.